The van der Waals surface area contributed by atoms with Gasteiger partial charge in [0.05, 0.1) is 24.3 Å². The minimum atomic E-state index is -0.423. The maximum Gasteiger partial charge on any atom is 0.163 e. The van der Waals surface area contributed by atoms with Crippen LogP contribution in [0.4, 0.5) is 0 Å². The van der Waals surface area contributed by atoms with Crippen molar-refractivity contribution in [1.29, 1.82) is 0 Å². The Hall–Kier alpha value is -1.72. The van der Waals surface area contributed by atoms with E-state index >= 15 is 0 Å². The number of nitrogens with one attached hydrogen (secondary N) is 2. The van der Waals surface area contributed by atoms with E-state index in [2.05, 4.69) is 59.2 Å². The molecule has 0 aromatic heterocycles. The molecule has 2 unspecified atom stereocenters. The van der Waals surface area contributed by atoms with Gasteiger partial charge in [0, 0.05) is 12.8 Å². The second-order valence-corrected chi connectivity index (χ2v) is 9.22. The number of rotatable bonds is 0. The average molecular weight is 374 g/mol. The van der Waals surface area contributed by atoms with Gasteiger partial charge in [-0.15, -0.1) is 0 Å². The molecule has 28 heavy (non-hydrogen) atoms. The van der Waals surface area contributed by atoms with Crippen LogP contribution in [-0.2, 0) is 22.3 Å². The lowest BCUT2D eigenvalue weighted by atomic mass is 9.82. The first-order chi connectivity index (χ1) is 13.8. The highest BCUT2D eigenvalue weighted by molar-refractivity contribution is 5.40. The van der Waals surface area contributed by atoms with Crippen molar-refractivity contribution in [2.75, 3.05) is 0 Å². The molecule has 1 saturated carbocycles. The molecule has 2 N–H and O–H groups in total. The fraction of sp³-hybridized carbons (Fsp3) is 0.500. The highest BCUT2D eigenvalue weighted by Crippen LogP contribution is 2.55. The quantitative estimate of drug-likeness (QED) is 0.740. The zero-order valence-electron chi connectivity index (χ0n) is 16.0. The third kappa shape index (κ3) is 1.94. The standard InChI is InChI=1S/C24H26N2O2/c1-3-9-17-15(7-1)13-19-21(17)25-23(27-19)11-5-6-12-24(23)26-22-18-10-4-2-8-16(18)14-20(22)28-24/h1-4,7-10,19-22,25-26H,5-6,11-14H2/t19-,20-,21+,22+,23?,24?/m0/s1. The van der Waals surface area contributed by atoms with Crippen LogP contribution in [0, 0.1) is 0 Å². The van der Waals surface area contributed by atoms with Gasteiger partial charge in [0.15, 0.2) is 11.4 Å². The Morgan fingerprint density at radius 1 is 0.679 bits per heavy atom. The Morgan fingerprint density at radius 2 is 1.14 bits per heavy atom. The van der Waals surface area contributed by atoms with Crippen molar-refractivity contribution in [3.8, 4) is 0 Å². The van der Waals surface area contributed by atoms with E-state index in [4.69, 9.17) is 9.47 Å². The smallest absolute Gasteiger partial charge is 0.163 e. The first kappa shape index (κ1) is 16.1. The van der Waals surface area contributed by atoms with E-state index in [0.29, 0.717) is 0 Å². The van der Waals surface area contributed by atoms with E-state index in [1.807, 2.05) is 0 Å². The van der Waals surface area contributed by atoms with E-state index in [1.54, 1.807) is 0 Å². The van der Waals surface area contributed by atoms with Crippen molar-refractivity contribution in [3.05, 3.63) is 70.8 Å². The Bertz CT molecular complexity index is 884. The third-order valence-electron chi connectivity index (χ3n) is 7.81. The van der Waals surface area contributed by atoms with Crippen LogP contribution >= 0.6 is 0 Å². The summed E-state index contributed by atoms with van der Waals surface area (Å²) in [4.78, 5) is 0. The van der Waals surface area contributed by atoms with Gasteiger partial charge in [-0.3, -0.25) is 10.6 Å². The van der Waals surface area contributed by atoms with E-state index in [1.165, 1.54) is 35.1 Å². The summed E-state index contributed by atoms with van der Waals surface area (Å²) in [5.74, 6) is 0. The summed E-state index contributed by atoms with van der Waals surface area (Å²) in [7, 11) is 0. The first-order valence-electron chi connectivity index (χ1n) is 10.8. The van der Waals surface area contributed by atoms with Crippen LogP contribution in [0.2, 0.25) is 0 Å². The number of ether oxygens (including phenoxy) is 2. The Labute approximate surface area is 165 Å². The van der Waals surface area contributed by atoms with Crippen LogP contribution in [0.3, 0.4) is 0 Å². The van der Waals surface area contributed by atoms with Crippen molar-refractivity contribution >= 4 is 0 Å². The monoisotopic (exact) mass is 374 g/mol. The predicted octanol–water partition coefficient (Wildman–Crippen LogP) is 3.52. The molecule has 3 fully saturated rings. The first-order valence-corrected chi connectivity index (χ1v) is 10.8. The molecule has 7 rings (SSSR count). The number of hydrogen-bond donors (Lipinski definition) is 2. The molecule has 2 aliphatic heterocycles. The Balaban J connectivity index is 1.26. The molecule has 2 saturated heterocycles. The largest absolute Gasteiger partial charge is 0.350 e. The van der Waals surface area contributed by atoms with Gasteiger partial charge in [0.25, 0.3) is 0 Å². The van der Waals surface area contributed by atoms with Crippen molar-refractivity contribution < 1.29 is 9.47 Å². The third-order valence-corrected chi connectivity index (χ3v) is 7.81. The zero-order chi connectivity index (χ0) is 18.3. The summed E-state index contributed by atoms with van der Waals surface area (Å²) >= 11 is 0. The van der Waals surface area contributed by atoms with Gasteiger partial charge in [-0.1, -0.05) is 48.5 Å². The predicted molar refractivity (Wildman–Crippen MR) is 106 cm³/mol. The van der Waals surface area contributed by atoms with E-state index < -0.39 is 11.4 Å². The Morgan fingerprint density at radius 3 is 1.64 bits per heavy atom. The van der Waals surface area contributed by atoms with Gasteiger partial charge in [0.2, 0.25) is 0 Å². The normalized spacial score (nSPS) is 42.6. The summed E-state index contributed by atoms with van der Waals surface area (Å²) in [6.45, 7) is 0. The van der Waals surface area contributed by atoms with E-state index in [0.717, 1.165) is 25.7 Å². The van der Waals surface area contributed by atoms with Crippen LogP contribution < -0.4 is 10.6 Å². The molecule has 4 heteroatoms. The zero-order valence-corrected chi connectivity index (χ0v) is 16.0. The van der Waals surface area contributed by atoms with Crippen LogP contribution in [0.1, 0.15) is 60.0 Å². The molecule has 3 aliphatic carbocycles. The summed E-state index contributed by atoms with van der Waals surface area (Å²) in [5.41, 5.74) is 4.83. The lowest BCUT2D eigenvalue weighted by molar-refractivity contribution is -0.230. The van der Waals surface area contributed by atoms with E-state index in [9.17, 15) is 0 Å². The number of benzene rings is 2. The molecule has 2 heterocycles. The number of fused-ring (bicyclic) bond motifs is 7. The topological polar surface area (TPSA) is 42.5 Å². The second-order valence-electron chi connectivity index (χ2n) is 9.22. The minimum Gasteiger partial charge on any atom is -0.350 e. The molecule has 2 aromatic carbocycles. The molecule has 0 bridgehead atoms. The van der Waals surface area contributed by atoms with Crippen LogP contribution in [0.5, 0.6) is 0 Å². The Kier molecular flexibility index (Phi) is 3.14. The van der Waals surface area contributed by atoms with Gasteiger partial charge in [-0.25, -0.2) is 0 Å². The summed E-state index contributed by atoms with van der Waals surface area (Å²) in [6.07, 6.45) is 6.82. The molecule has 4 nitrogen and oxygen atoms in total. The molecule has 5 aliphatic rings. The lowest BCUT2D eigenvalue weighted by Crippen LogP contribution is -2.68. The average Bonchev–Trinajstić information content (AvgIpc) is 3.41. The fourth-order valence-corrected chi connectivity index (χ4v) is 6.60. The van der Waals surface area contributed by atoms with Gasteiger partial charge < -0.3 is 9.47 Å². The number of hydrogen-bond acceptors (Lipinski definition) is 4. The summed E-state index contributed by atoms with van der Waals surface area (Å²) in [5, 5.41) is 7.92. The second kappa shape index (κ2) is 5.45. The van der Waals surface area contributed by atoms with Crippen molar-refractivity contribution in [2.24, 2.45) is 0 Å². The van der Waals surface area contributed by atoms with E-state index in [-0.39, 0.29) is 24.3 Å². The van der Waals surface area contributed by atoms with Crippen LogP contribution in [0.15, 0.2) is 48.5 Å². The summed E-state index contributed by atoms with van der Waals surface area (Å²) < 4.78 is 13.8. The SMILES string of the molecule is c1ccc2c(c1)C[C@@H]1OC3(CCCCC34N[C@@H]3c5ccccc5C[C@@H]3O4)N[C@H]21. The minimum absolute atomic E-state index is 0.213. The molecule has 0 amide bonds. The van der Waals surface area contributed by atoms with Crippen molar-refractivity contribution in [3.63, 3.8) is 0 Å². The highest BCUT2D eigenvalue weighted by Gasteiger charge is 2.66. The highest BCUT2D eigenvalue weighted by atomic mass is 16.6. The molecule has 2 spiro atoms. The van der Waals surface area contributed by atoms with Crippen LogP contribution in [-0.4, -0.2) is 23.7 Å². The summed E-state index contributed by atoms with van der Waals surface area (Å²) in [6, 6.07) is 18.1. The molecule has 6 atom stereocenters. The van der Waals surface area contributed by atoms with Crippen LogP contribution in [0.25, 0.3) is 0 Å². The fourth-order valence-electron chi connectivity index (χ4n) is 6.60. The van der Waals surface area contributed by atoms with Gasteiger partial charge >= 0.3 is 0 Å². The maximum absolute atomic E-state index is 6.89. The molecular formula is C24H26N2O2. The molecule has 144 valence electrons. The maximum atomic E-state index is 6.89. The molecule has 2 aromatic rings. The van der Waals surface area contributed by atoms with Crippen molar-refractivity contribution in [1.82, 2.24) is 10.6 Å². The van der Waals surface area contributed by atoms with Gasteiger partial charge in [-0.2, -0.15) is 0 Å². The lowest BCUT2D eigenvalue weighted by Gasteiger charge is -2.49. The molecule has 0 radical (unpaired) electrons. The van der Waals surface area contributed by atoms with Gasteiger partial charge in [-0.05, 0) is 47.9 Å². The van der Waals surface area contributed by atoms with Crippen molar-refractivity contribution in [2.45, 2.75) is 74.3 Å². The molecular weight excluding hydrogens is 348 g/mol. The van der Waals surface area contributed by atoms with Gasteiger partial charge in [0.1, 0.15) is 0 Å².